The fourth-order valence-electron chi connectivity index (χ4n) is 3.39. The van der Waals surface area contributed by atoms with Crippen molar-refractivity contribution in [3.63, 3.8) is 0 Å². The molecule has 0 atom stereocenters. The topological polar surface area (TPSA) is 65.1 Å². The zero-order valence-electron chi connectivity index (χ0n) is 17.0. The van der Waals surface area contributed by atoms with Crippen LogP contribution in [0.25, 0.3) is 0 Å². The average Bonchev–Trinajstić information content (AvgIpc) is 2.78. The Morgan fingerprint density at radius 2 is 1.66 bits per heavy atom. The highest BCUT2D eigenvalue weighted by Gasteiger charge is 2.27. The van der Waals surface area contributed by atoms with Crippen molar-refractivity contribution >= 4 is 11.9 Å². The largest absolute Gasteiger partial charge is 0.493 e. The maximum absolute atomic E-state index is 13.2. The van der Waals surface area contributed by atoms with E-state index in [1.165, 1.54) is 13.2 Å². The molecule has 2 aromatic rings. The molecule has 0 aliphatic carbocycles. The molecule has 0 bridgehead atoms. The van der Waals surface area contributed by atoms with Gasteiger partial charge in [-0.05, 0) is 43.9 Å². The van der Waals surface area contributed by atoms with E-state index in [2.05, 4.69) is 0 Å². The van der Waals surface area contributed by atoms with Gasteiger partial charge in [0, 0.05) is 13.1 Å². The van der Waals surface area contributed by atoms with Crippen LogP contribution >= 0.6 is 0 Å². The minimum absolute atomic E-state index is 0.181. The van der Waals surface area contributed by atoms with Crippen LogP contribution in [-0.4, -0.2) is 43.6 Å². The highest BCUT2D eigenvalue weighted by atomic mass is 16.5. The first-order valence-corrected chi connectivity index (χ1v) is 9.99. The van der Waals surface area contributed by atoms with E-state index in [0.717, 1.165) is 24.8 Å². The summed E-state index contributed by atoms with van der Waals surface area (Å²) >= 11 is 0. The van der Waals surface area contributed by atoms with E-state index in [1.807, 2.05) is 30.3 Å². The first-order chi connectivity index (χ1) is 14.1. The molecule has 154 valence electrons. The van der Waals surface area contributed by atoms with Crippen molar-refractivity contribution < 1.29 is 23.8 Å². The summed E-state index contributed by atoms with van der Waals surface area (Å²) < 4.78 is 16.5. The van der Waals surface area contributed by atoms with Crippen LogP contribution in [0.3, 0.4) is 0 Å². The lowest BCUT2D eigenvalue weighted by atomic mass is 10.0. The van der Waals surface area contributed by atoms with Gasteiger partial charge in [-0.2, -0.15) is 0 Å². The van der Waals surface area contributed by atoms with Gasteiger partial charge >= 0.3 is 5.97 Å². The molecular weight excluding hydrogens is 370 g/mol. The van der Waals surface area contributed by atoms with Gasteiger partial charge in [-0.1, -0.05) is 30.3 Å². The van der Waals surface area contributed by atoms with E-state index in [9.17, 15) is 9.59 Å². The Labute approximate surface area is 171 Å². The number of nitrogens with zero attached hydrogens (tertiary/aromatic N) is 1. The van der Waals surface area contributed by atoms with Gasteiger partial charge in [0.2, 0.25) is 0 Å². The summed E-state index contributed by atoms with van der Waals surface area (Å²) in [5.41, 5.74) is 1.48. The Morgan fingerprint density at radius 3 is 2.31 bits per heavy atom. The Hall–Kier alpha value is -3.02. The van der Waals surface area contributed by atoms with Gasteiger partial charge < -0.3 is 19.1 Å². The number of ether oxygens (including phenoxy) is 3. The van der Waals surface area contributed by atoms with Gasteiger partial charge in [-0.15, -0.1) is 0 Å². The van der Waals surface area contributed by atoms with E-state index < -0.39 is 5.97 Å². The van der Waals surface area contributed by atoms with Gasteiger partial charge in [0.25, 0.3) is 5.91 Å². The molecule has 2 aromatic carbocycles. The van der Waals surface area contributed by atoms with Crippen LogP contribution in [0.15, 0.2) is 42.5 Å². The molecule has 6 nitrogen and oxygen atoms in total. The van der Waals surface area contributed by atoms with Crippen molar-refractivity contribution in [2.75, 3.05) is 26.8 Å². The van der Waals surface area contributed by atoms with Gasteiger partial charge in [0.1, 0.15) is 6.61 Å². The number of methoxy groups -OCH3 is 1. The van der Waals surface area contributed by atoms with Gasteiger partial charge in [-0.25, -0.2) is 4.79 Å². The van der Waals surface area contributed by atoms with Crippen LogP contribution < -0.4 is 9.47 Å². The van der Waals surface area contributed by atoms with Crippen molar-refractivity contribution in [3.05, 3.63) is 59.2 Å². The number of likely N-dealkylation sites (tertiary alicyclic amines) is 1. The molecule has 1 aliphatic rings. The molecule has 3 rings (SSSR count). The molecule has 0 saturated carbocycles. The zero-order valence-corrected chi connectivity index (χ0v) is 17.0. The highest BCUT2D eigenvalue weighted by Crippen LogP contribution is 2.33. The van der Waals surface area contributed by atoms with Crippen molar-refractivity contribution in [2.45, 2.75) is 32.8 Å². The van der Waals surface area contributed by atoms with E-state index in [0.29, 0.717) is 31.2 Å². The molecular formula is C23H27NO5. The van der Waals surface area contributed by atoms with Crippen LogP contribution in [0.2, 0.25) is 0 Å². The van der Waals surface area contributed by atoms with Crippen LogP contribution in [-0.2, 0) is 11.3 Å². The number of carbonyl (C=O) groups is 2. The smallest absolute Gasteiger partial charge is 0.339 e. The fraction of sp³-hybridized carbons (Fsp3) is 0.391. The number of esters is 1. The molecule has 0 unspecified atom stereocenters. The maximum atomic E-state index is 13.2. The predicted octanol–water partition coefficient (Wildman–Crippen LogP) is 4.08. The second-order valence-corrected chi connectivity index (χ2v) is 6.90. The Morgan fingerprint density at radius 1 is 0.966 bits per heavy atom. The molecule has 29 heavy (non-hydrogen) atoms. The van der Waals surface area contributed by atoms with Crippen LogP contribution in [0.5, 0.6) is 11.5 Å². The molecule has 1 aliphatic heterocycles. The minimum Gasteiger partial charge on any atom is -0.493 e. The van der Waals surface area contributed by atoms with Crippen LogP contribution in [0.4, 0.5) is 0 Å². The van der Waals surface area contributed by atoms with E-state index >= 15 is 0 Å². The Kier molecular flexibility index (Phi) is 7.11. The van der Waals surface area contributed by atoms with Crippen LogP contribution in [0.1, 0.15) is 52.5 Å². The van der Waals surface area contributed by atoms with Gasteiger partial charge in [0.05, 0.1) is 24.8 Å². The number of piperidine rings is 1. The summed E-state index contributed by atoms with van der Waals surface area (Å²) in [6.07, 6.45) is 3.05. The number of benzene rings is 2. The maximum Gasteiger partial charge on any atom is 0.339 e. The quantitative estimate of drug-likeness (QED) is 0.659. The van der Waals surface area contributed by atoms with Gasteiger partial charge in [-0.3, -0.25) is 4.79 Å². The van der Waals surface area contributed by atoms with Crippen LogP contribution in [0, 0.1) is 0 Å². The number of rotatable bonds is 7. The molecule has 1 fully saturated rings. The lowest BCUT2D eigenvalue weighted by Crippen LogP contribution is -2.36. The highest BCUT2D eigenvalue weighted by molar-refractivity contribution is 6.06. The summed E-state index contributed by atoms with van der Waals surface area (Å²) in [5, 5.41) is 0. The molecule has 6 heteroatoms. The molecule has 1 saturated heterocycles. The first-order valence-electron chi connectivity index (χ1n) is 9.99. The summed E-state index contributed by atoms with van der Waals surface area (Å²) in [6.45, 7) is 3.66. The van der Waals surface area contributed by atoms with Crippen molar-refractivity contribution in [2.24, 2.45) is 0 Å². The summed E-state index contributed by atoms with van der Waals surface area (Å²) in [4.78, 5) is 27.5. The monoisotopic (exact) mass is 397 g/mol. The summed E-state index contributed by atoms with van der Waals surface area (Å²) in [7, 11) is 1.51. The first kappa shape index (κ1) is 20.7. The minimum atomic E-state index is -0.541. The van der Waals surface area contributed by atoms with Crippen molar-refractivity contribution in [1.29, 1.82) is 0 Å². The fourth-order valence-corrected chi connectivity index (χ4v) is 3.39. The predicted molar refractivity (Wildman–Crippen MR) is 109 cm³/mol. The molecule has 0 radical (unpaired) electrons. The van der Waals surface area contributed by atoms with Crippen molar-refractivity contribution in [3.8, 4) is 11.5 Å². The van der Waals surface area contributed by atoms with E-state index in [1.54, 1.807) is 17.9 Å². The lowest BCUT2D eigenvalue weighted by Gasteiger charge is -2.27. The molecule has 0 spiro atoms. The lowest BCUT2D eigenvalue weighted by molar-refractivity contribution is 0.0516. The Bertz CT molecular complexity index is 844. The normalized spacial score (nSPS) is 13.7. The Balaban J connectivity index is 1.95. The molecule has 1 amide bonds. The van der Waals surface area contributed by atoms with E-state index in [4.69, 9.17) is 14.2 Å². The molecule has 0 N–H and O–H groups in total. The summed E-state index contributed by atoms with van der Waals surface area (Å²) in [5.74, 6) is 0.0877. The second-order valence-electron chi connectivity index (χ2n) is 6.90. The standard InChI is InChI=1S/C23H27NO5/c1-3-28-23(26)19-15-20(27-2)21(29-16-17-10-6-4-7-11-17)14-18(19)22(25)24-12-8-5-9-13-24/h4,6-7,10-11,14-15H,3,5,8-9,12-13,16H2,1-2H3. The second kappa shape index (κ2) is 9.96. The third-order valence-corrected chi connectivity index (χ3v) is 4.91. The number of carbonyl (C=O) groups excluding carboxylic acids is 2. The molecule has 1 heterocycles. The van der Waals surface area contributed by atoms with Crippen molar-refractivity contribution in [1.82, 2.24) is 4.90 Å². The number of amides is 1. The third-order valence-electron chi connectivity index (χ3n) is 4.91. The molecule has 0 aromatic heterocycles. The summed E-state index contributed by atoms with van der Waals surface area (Å²) in [6, 6.07) is 12.9. The SMILES string of the molecule is CCOC(=O)c1cc(OC)c(OCc2ccccc2)cc1C(=O)N1CCCCC1. The average molecular weight is 397 g/mol. The van der Waals surface area contributed by atoms with E-state index in [-0.39, 0.29) is 23.6 Å². The zero-order chi connectivity index (χ0) is 20.6. The number of hydrogen-bond donors (Lipinski definition) is 0. The van der Waals surface area contributed by atoms with Gasteiger partial charge in [0.15, 0.2) is 11.5 Å². The number of hydrogen-bond acceptors (Lipinski definition) is 5. The third kappa shape index (κ3) is 5.08.